The highest BCUT2D eigenvalue weighted by atomic mass is 35.5. The summed E-state index contributed by atoms with van der Waals surface area (Å²) in [5.74, 6) is 0.495. The Bertz CT molecular complexity index is 591. The van der Waals surface area contributed by atoms with Crippen molar-refractivity contribution in [3.63, 3.8) is 0 Å². The average Bonchev–Trinajstić information content (AvgIpc) is 2.36. The first kappa shape index (κ1) is 13.1. The van der Waals surface area contributed by atoms with Gasteiger partial charge in [-0.2, -0.15) is 0 Å². The van der Waals surface area contributed by atoms with E-state index in [0.717, 1.165) is 0 Å². The van der Waals surface area contributed by atoms with Gasteiger partial charge in [-0.15, -0.1) is 0 Å². The maximum atomic E-state index is 11.6. The van der Waals surface area contributed by atoms with Crippen LogP contribution in [0.25, 0.3) is 0 Å². The lowest BCUT2D eigenvalue weighted by atomic mass is 10.3. The van der Waals surface area contributed by atoms with E-state index in [0.29, 0.717) is 17.3 Å². The Hall–Kier alpha value is -2.34. The summed E-state index contributed by atoms with van der Waals surface area (Å²) in [6, 6.07) is 8.35. The molecular formula is C12H11ClN4O2. The zero-order valence-corrected chi connectivity index (χ0v) is 10.6. The van der Waals surface area contributed by atoms with E-state index in [-0.39, 0.29) is 17.8 Å². The molecule has 6 nitrogen and oxygen atoms in total. The lowest BCUT2D eigenvalue weighted by Gasteiger charge is -2.07. The van der Waals surface area contributed by atoms with Crippen LogP contribution in [0, 0.1) is 0 Å². The van der Waals surface area contributed by atoms with Crippen LogP contribution in [0.15, 0.2) is 36.5 Å². The molecule has 2 rings (SSSR count). The number of benzene rings is 1. The number of amides is 1. The molecule has 7 heteroatoms. The van der Waals surface area contributed by atoms with Crippen LogP contribution < -0.4 is 15.8 Å². The lowest BCUT2D eigenvalue weighted by Crippen LogP contribution is -2.20. The molecule has 0 spiro atoms. The molecule has 0 unspecified atom stereocenters. The molecule has 1 aromatic heterocycles. The molecule has 19 heavy (non-hydrogen) atoms. The van der Waals surface area contributed by atoms with Gasteiger partial charge in [-0.1, -0.05) is 6.07 Å². The molecular weight excluding hydrogens is 268 g/mol. The Labute approximate surface area is 114 Å². The number of halogens is 1. The van der Waals surface area contributed by atoms with E-state index in [1.807, 2.05) is 0 Å². The minimum absolute atomic E-state index is 0.0644. The number of nitrogens with one attached hydrogen (secondary N) is 1. The van der Waals surface area contributed by atoms with Crippen LogP contribution in [-0.4, -0.2) is 22.5 Å². The predicted molar refractivity (Wildman–Crippen MR) is 72.0 cm³/mol. The monoisotopic (exact) mass is 278 g/mol. The molecule has 3 N–H and O–H groups in total. The number of anilines is 2. The van der Waals surface area contributed by atoms with Crippen molar-refractivity contribution in [1.29, 1.82) is 0 Å². The van der Waals surface area contributed by atoms with Crippen molar-refractivity contribution in [2.75, 3.05) is 17.7 Å². The van der Waals surface area contributed by atoms with Crippen LogP contribution in [0.4, 0.5) is 11.5 Å². The SMILES string of the molecule is Nc1cccc(OCC(=O)Nc2ccnc(Cl)n2)c1. The maximum Gasteiger partial charge on any atom is 0.263 e. The van der Waals surface area contributed by atoms with Crippen molar-refractivity contribution in [3.05, 3.63) is 41.8 Å². The van der Waals surface area contributed by atoms with E-state index in [1.165, 1.54) is 12.3 Å². The van der Waals surface area contributed by atoms with Crippen LogP contribution in [-0.2, 0) is 4.79 Å². The normalized spacial score (nSPS) is 9.95. The Morgan fingerprint density at radius 3 is 3.00 bits per heavy atom. The zero-order chi connectivity index (χ0) is 13.7. The third kappa shape index (κ3) is 4.11. The summed E-state index contributed by atoms with van der Waals surface area (Å²) in [5.41, 5.74) is 6.16. The van der Waals surface area contributed by atoms with Crippen molar-refractivity contribution in [2.24, 2.45) is 0 Å². The van der Waals surface area contributed by atoms with Crippen molar-refractivity contribution < 1.29 is 9.53 Å². The van der Waals surface area contributed by atoms with Crippen LogP contribution in [0.2, 0.25) is 5.28 Å². The Balaban J connectivity index is 1.88. The second-order valence-electron chi connectivity index (χ2n) is 3.62. The van der Waals surface area contributed by atoms with Gasteiger partial charge in [-0.05, 0) is 29.8 Å². The quantitative estimate of drug-likeness (QED) is 0.656. The summed E-state index contributed by atoms with van der Waals surface area (Å²) >= 11 is 5.60. The van der Waals surface area contributed by atoms with Gasteiger partial charge in [0, 0.05) is 18.0 Å². The predicted octanol–water partition coefficient (Wildman–Crippen LogP) is 1.73. The smallest absolute Gasteiger partial charge is 0.263 e. The number of carbonyl (C=O) groups excluding carboxylic acids is 1. The number of nitrogen functional groups attached to an aromatic ring is 1. The molecule has 0 bridgehead atoms. The fourth-order valence-electron chi connectivity index (χ4n) is 1.34. The van der Waals surface area contributed by atoms with E-state index in [4.69, 9.17) is 22.1 Å². The summed E-state index contributed by atoms with van der Waals surface area (Å²) in [4.78, 5) is 19.1. The first-order chi connectivity index (χ1) is 9.13. The summed E-state index contributed by atoms with van der Waals surface area (Å²) in [6.07, 6.45) is 1.45. The highest BCUT2D eigenvalue weighted by molar-refractivity contribution is 6.28. The number of hydrogen-bond donors (Lipinski definition) is 2. The van der Waals surface area contributed by atoms with Gasteiger partial charge < -0.3 is 15.8 Å². The Morgan fingerprint density at radius 1 is 1.42 bits per heavy atom. The Kier molecular flexibility index (Phi) is 4.15. The number of rotatable bonds is 4. The third-order valence-electron chi connectivity index (χ3n) is 2.12. The molecule has 1 aromatic carbocycles. The zero-order valence-electron chi connectivity index (χ0n) is 9.84. The Morgan fingerprint density at radius 2 is 2.26 bits per heavy atom. The molecule has 98 valence electrons. The highest BCUT2D eigenvalue weighted by Crippen LogP contribution is 2.14. The first-order valence-electron chi connectivity index (χ1n) is 5.40. The largest absolute Gasteiger partial charge is 0.484 e. The van der Waals surface area contributed by atoms with Gasteiger partial charge in [-0.25, -0.2) is 9.97 Å². The molecule has 0 atom stereocenters. The minimum atomic E-state index is -0.350. The number of aromatic nitrogens is 2. The van der Waals surface area contributed by atoms with Gasteiger partial charge in [0.05, 0.1) is 0 Å². The number of hydrogen-bond acceptors (Lipinski definition) is 5. The fraction of sp³-hybridized carbons (Fsp3) is 0.0833. The van der Waals surface area contributed by atoms with Crippen LogP contribution >= 0.6 is 11.6 Å². The van der Waals surface area contributed by atoms with Crippen molar-refractivity contribution in [3.8, 4) is 5.75 Å². The third-order valence-corrected chi connectivity index (χ3v) is 2.30. The highest BCUT2D eigenvalue weighted by Gasteiger charge is 2.05. The van der Waals surface area contributed by atoms with E-state index >= 15 is 0 Å². The molecule has 0 radical (unpaired) electrons. The summed E-state index contributed by atoms with van der Waals surface area (Å²) < 4.78 is 5.28. The van der Waals surface area contributed by atoms with Gasteiger partial charge in [0.1, 0.15) is 11.6 Å². The average molecular weight is 279 g/mol. The standard InChI is InChI=1S/C12H11ClN4O2/c13-12-15-5-4-10(17-12)16-11(18)7-19-9-3-1-2-8(14)6-9/h1-6H,7,14H2,(H,15,16,17,18). The molecule has 1 amide bonds. The van der Waals surface area contributed by atoms with E-state index in [1.54, 1.807) is 24.3 Å². The summed E-state index contributed by atoms with van der Waals surface area (Å²) in [7, 11) is 0. The molecule has 0 fully saturated rings. The number of nitrogens with zero attached hydrogens (tertiary/aromatic N) is 2. The van der Waals surface area contributed by atoms with Crippen molar-refractivity contribution >= 4 is 29.0 Å². The summed E-state index contributed by atoms with van der Waals surface area (Å²) in [6.45, 7) is -0.148. The minimum Gasteiger partial charge on any atom is -0.484 e. The molecule has 0 aliphatic carbocycles. The van der Waals surface area contributed by atoms with E-state index in [9.17, 15) is 4.79 Å². The molecule has 0 aliphatic heterocycles. The van der Waals surface area contributed by atoms with Crippen LogP contribution in [0.1, 0.15) is 0 Å². The van der Waals surface area contributed by atoms with Gasteiger partial charge in [-0.3, -0.25) is 4.79 Å². The number of nitrogens with two attached hydrogens (primary N) is 1. The maximum absolute atomic E-state index is 11.6. The molecule has 2 aromatic rings. The first-order valence-corrected chi connectivity index (χ1v) is 5.78. The van der Waals surface area contributed by atoms with Crippen molar-refractivity contribution in [2.45, 2.75) is 0 Å². The van der Waals surface area contributed by atoms with Crippen LogP contribution in [0.5, 0.6) is 5.75 Å². The second kappa shape index (κ2) is 6.01. The van der Waals surface area contributed by atoms with E-state index < -0.39 is 0 Å². The second-order valence-corrected chi connectivity index (χ2v) is 3.96. The fourth-order valence-corrected chi connectivity index (χ4v) is 1.48. The van der Waals surface area contributed by atoms with Gasteiger partial charge in [0.15, 0.2) is 6.61 Å². The van der Waals surface area contributed by atoms with Crippen molar-refractivity contribution in [1.82, 2.24) is 9.97 Å². The van der Waals surface area contributed by atoms with Gasteiger partial charge in [0.25, 0.3) is 5.91 Å². The lowest BCUT2D eigenvalue weighted by molar-refractivity contribution is -0.118. The van der Waals surface area contributed by atoms with Gasteiger partial charge >= 0.3 is 0 Å². The van der Waals surface area contributed by atoms with Gasteiger partial charge in [0.2, 0.25) is 5.28 Å². The van der Waals surface area contributed by atoms with Crippen LogP contribution in [0.3, 0.4) is 0 Å². The number of carbonyl (C=O) groups is 1. The van der Waals surface area contributed by atoms with E-state index in [2.05, 4.69) is 15.3 Å². The molecule has 0 saturated carbocycles. The molecule has 0 saturated heterocycles. The molecule has 0 aliphatic rings. The topological polar surface area (TPSA) is 90.1 Å². The molecule has 1 heterocycles. The number of ether oxygens (including phenoxy) is 1. The summed E-state index contributed by atoms with van der Waals surface area (Å²) in [5, 5.41) is 2.60.